The molecule has 0 saturated carbocycles. The van der Waals surface area contributed by atoms with E-state index < -0.39 is 0 Å². The molecule has 1 aliphatic heterocycles. The third kappa shape index (κ3) is 1.89. The molecule has 3 heterocycles. The molecular formula is C14H12N4O2S. The van der Waals surface area contributed by atoms with Crippen molar-refractivity contribution in [3.8, 4) is 17.2 Å². The predicted molar refractivity (Wildman–Crippen MR) is 78.3 cm³/mol. The molecule has 2 N–H and O–H groups in total. The number of aromatic nitrogens is 3. The van der Waals surface area contributed by atoms with Crippen LogP contribution in [0.2, 0.25) is 0 Å². The Morgan fingerprint density at radius 1 is 1.33 bits per heavy atom. The van der Waals surface area contributed by atoms with Gasteiger partial charge in [-0.2, -0.15) is 9.36 Å². The first-order chi connectivity index (χ1) is 10.2. The van der Waals surface area contributed by atoms with Gasteiger partial charge in [-0.25, -0.2) is 0 Å². The van der Waals surface area contributed by atoms with Gasteiger partial charge in [0, 0.05) is 5.56 Å². The molecular weight excluding hydrogens is 288 g/mol. The zero-order chi connectivity index (χ0) is 14.4. The number of rotatable bonds is 2. The summed E-state index contributed by atoms with van der Waals surface area (Å²) in [5.74, 6) is 1.90. The van der Waals surface area contributed by atoms with Crippen molar-refractivity contribution < 1.29 is 9.26 Å². The number of nitrogens with two attached hydrogens (primary N) is 1. The Labute approximate surface area is 124 Å². The fourth-order valence-corrected chi connectivity index (χ4v) is 3.15. The van der Waals surface area contributed by atoms with Crippen LogP contribution in [-0.4, -0.2) is 21.1 Å². The number of nitrogen functional groups attached to an aromatic ring is 1. The van der Waals surface area contributed by atoms with Gasteiger partial charge in [0.1, 0.15) is 17.4 Å². The van der Waals surface area contributed by atoms with Gasteiger partial charge in [-0.1, -0.05) is 23.4 Å². The molecule has 0 aliphatic carbocycles. The molecule has 7 heteroatoms. The van der Waals surface area contributed by atoms with Crippen LogP contribution in [0.5, 0.6) is 5.75 Å². The number of hydrogen-bond acceptors (Lipinski definition) is 7. The fraction of sp³-hybridized carbons (Fsp3) is 0.214. The maximum atomic E-state index is 5.92. The summed E-state index contributed by atoms with van der Waals surface area (Å²) in [7, 11) is 0. The molecule has 1 atom stereocenters. The van der Waals surface area contributed by atoms with Crippen molar-refractivity contribution >= 4 is 16.5 Å². The maximum Gasteiger partial charge on any atom is 0.262 e. The lowest BCUT2D eigenvalue weighted by Crippen LogP contribution is -2.04. The standard InChI is InChI=1S/C14H12N4O2S/c1-7-11(12(15)21-18-7)14-16-13(17-20-14)9-6-19-10-5-3-2-4-8(9)10/h2-5,9H,6,15H2,1H3. The van der Waals surface area contributed by atoms with Crippen LogP contribution in [0, 0.1) is 6.92 Å². The lowest BCUT2D eigenvalue weighted by molar-refractivity contribution is 0.334. The molecule has 0 bridgehead atoms. The number of benzene rings is 1. The Balaban J connectivity index is 1.73. The van der Waals surface area contributed by atoms with Gasteiger partial charge in [-0.3, -0.25) is 0 Å². The summed E-state index contributed by atoms with van der Waals surface area (Å²) in [6, 6.07) is 7.90. The van der Waals surface area contributed by atoms with Gasteiger partial charge >= 0.3 is 0 Å². The highest BCUT2D eigenvalue weighted by atomic mass is 32.1. The first-order valence-electron chi connectivity index (χ1n) is 6.51. The van der Waals surface area contributed by atoms with E-state index >= 15 is 0 Å². The first kappa shape index (κ1) is 12.3. The third-order valence-corrected chi connectivity index (χ3v) is 4.32. The van der Waals surface area contributed by atoms with Gasteiger partial charge in [-0.05, 0) is 24.5 Å². The van der Waals surface area contributed by atoms with Crippen LogP contribution in [0.15, 0.2) is 28.8 Å². The van der Waals surface area contributed by atoms with Crippen molar-refractivity contribution in [2.45, 2.75) is 12.8 Å². The largest absolute Gasteiger partial charge is 0.492 e. The molecule has 0 spiro atoms. The SMILES string of the molecule is Cc1nsc(N)c1-c1nc(C2COc3ccccc32)no1. The summed E-state index contributed by atoms with van der Waals surface area (Å²) < 4.78 is 15.2. The minimum absolute atomic E-state index is 0.00757. The maximum absolute atomic E-state index is 5.92. The Hall–Kier alpha value is -2.41. The summed E-state index contributed by atoms with van der Waals surface area (Å²) in [4.78, 5) is 4.48. The molecule has 0 saturated heterocycles. The van der Waals surface area contributed by atoms with Gasteiger partial charge in [-0.15, -0.1) is 0 Å². The lowest BCUT2D eigenvalue weighted by Gasteiger charge is -2.01. The monoisotopic (exact) mass is 300 g/mol. The normalized spacial score (nSPS) is 16.7. The smallest absolute Gasteiger partial charge is 0.262 e. The molecule has 1 aromatic carbocycles. The third-order valence-electron chi connectivity index (χ3n) is 3.56. The lowest BCUT2D eigenvalue weighted by atomic mass is 10.0. The van der Waals surface area contributed by atoms with Gasteiger partial charge in [0.25, 0.3) is 5.89 Å². The number of ether oxygens (including phenoxy) is 1. The van der Waals surface area contributed by atoms with E-state index in [1.54, 1.807) is 0 Å². The quantitative estimate of drug-likeness (QED) is 0.782. The molecule has 106 valence electrons. The number of aryl methyl sites for hydroxylation is 1. The molecule has 3 aromatic rings. The molecule has 1 aliphatic rings. The molecule has 0 fully saturated rings. The highest BCUT2D eigenvalue weighted by Gasteiger charge is 2.30. The van der Waals surface area contributed by atoms with Crippen molar-refractivity contribution in [1.82, 2.24) is 14.5 Å². The zero-order valence-electron chi connectivity index (χ0n) is 11.2. The molecule has 2 aromatic heterocycles. The van der Waals surface area contributed by atoms with Gasteiger partial charge < -0.3 is 15.0 Å². The topological polar surface area (TPSA) is 87.1 Å². The second-order valence-electron chi connectivity index (χ2n) is 4.87. The van der Waals surface area contributed by atoms with Crippen molar-refractivity contribution in [1.29, 1.82) is 0 Å². The van der Waals surface area contributed by atoms with Crippen molar-refractivity contribution in [2.24, 2.45) is 0 Å². The molecule has 6 nitrogen and oxygen atoms in total. The number of hydrogen-bond donors (Lipinski definition) is 1. The molecule has 21 heavy (non-hydrogen) atoms. The van der Waals surface area contributed by atoms with E-state index in [0.717, 1.165) is 22.6 Å². The van der Waals surface area contributed by atoms with E-state index in [9.17, 15) is 0 Å². The highest BCUT2D eigenvalue weighted by Crippen LogP contribution is 2.38. The van der Waals surface area contributed by atoms with Crippen LogP contribution in [0.1, 0.15) is 23.0 Å². The van der Waals surface area contributed by atoms with Gasteiger partial charge in [0.15, 0.2) is 5.82 Å². The molecule has 0 amide bonds. The Bertz CT molecular complexity index is 791. The number of anilines is 1. The summed E-state index contributed by atoms with van der Waals surface area (Å²) in [5, 5.41) is 4.68. The van der Waals surface area contributed by atoms with Gasteiger partial charge in [0.05, 0.1) is 17.2 Å². The molecule has 1 unspecified atom stereocenters. The van der Waals surface area contributed by atoms with E-state index in [1.807, 2.05) is 31.2 Å². The first-order valence-corrected chi connectivity index (χ1v) is 7.29. The van der Waals surface area contributed by atoms with Gasteiger partial charge in [0.2, 0.25) is 0 Å². The second kappa shape index (κ2) is 4.56. The Morgan fingerprint density at radius 3 is 3.00 bits per heavy atom. The van der Waals surface area contributed by atoms with E-state index in [0.29, 0.717) is 23.3 Å². The minimum Gasteiger partial charge on any atom is -0.492 e. The van der Waals surface area contributed by atoms with Crippen LogP contribution in [0.4, 0.5) is 5.00 Å². The van der Waals surface area contributed by atoms with Crippen LogP contribution in [-0.2, 0) is 0 Å². The molecule has 4 rings (SSSR count). The average molecular weight is 300 g/mol. The van der Waals surface area contributed by atoms with E-state index in [2.05, 4.69) is 14.5 Å². The Kier molecular flexibility index (Phi) is 2.68. The molecule has 0 radical (unpaired) electrons. The second-order valence-corrected chi connectivity index (χ2v) is 5.67. The van der Waals surface area contributed by atoms with E-state index in [4.69, 9.17) is 15.0 Å². The predicted octanol–water partition coefficient (Wildman–Crippen LogP) is 2.61. The fourth-order valence-electron chi connectivity index (χ4n) is 2.50. The zero-order valence-corrected chi connectivity index (χ0v) is 12.1. The summed E-state index contributed by atoms with van der Waals surface area (Å²) in [6.45, 7) is 2.40. The van der Waals surface area contributed by atoms with Crippen LogP contribution < -0.4 is 10.5 Å². The van der Waals surface area contributed by atoms with Crippen molar-refractivity contribution in [3.05, 3.63) is 41.3 Å². The highest BCUT2D eigenvalue weighted by molar-refractivity contribution is 7.10. The minimum atomic E-state index is -0.00757. The number of nitrogens with zero attached hydrogens (tertiary/aromatic N) is 3. The number of fused-ring (bicyclic) bond motifs is 1. The summed E-state index contributed by atoms with van der Waals surface area (Å²) in [5.41, 5.74) is 8.53. The van der Waals surface area contributed by atoms with Crippen LogP contribution in [0.25, 0.3) is 11.5 Å². The van der Waals surface area contributed by atoms with E-state index in [1.165, 1.54) is 11.5 Å². The average Bonchev–Trinajstić information content (AvgIpc) is 3.17. The van der Waals surface area contributed by atoms with Crippen molar-refractivity contribution in [3.63, 3.8) is 0 Å². The number of para-hydroxylation sites is 1. The summed E-state index contributed by atoms with van der Waals surface area (Å²) >= 11 is 1.23. The van der Waals surface area contributed by atoms with Crippen molar-refractivity contribution in [2.75, 3.05) is 12.3 Å². The van der Waals surface area contributed by atoms with E-state index in [-0.39, 0.29) is 5.92 Å². The van der Waals surface area contributed by atoms with Crippen LogP contribution in [0.3, 0.4) is 0 Å². The summed E-state index contributed by atoms with van der Waals surface area (Å²) in [6.07, 6.45) is 0. The Morgan fingerprint density at radius 2 is 2.19 bits per heavy atom. The van der Waals surface area contributed by atoms with Crippen LogP contribution >= 0.6 is 11.5 Å².